The summed E-state index contributed by atoms with van der Waals surface area (Å²) >= 11 is 0. The van der Waals surface area contributed by atoms with Gasteiger partial charge < -0.3 is 0 Å². The summed E-state index contributed by atoms with van der Waals surface area (Å²) in [6.45, 7) is 0. The predicted molar refractivity (Wildman–Crippen MR) is 58.0 cm³/mol. The van der Waals surface area contributed by atoms with Gasteiger partial charge in [-0.3, -0.25) is 9.63 Å². The average Bonchev–Trinajstić information content (AvgIpc) is 2.83. The van der Waals surface area contributed by atoms with Crippen molar-refractivity contribution in [2.24, 2.45) is 0 Å². The maximum Gasteiger partial charge on any atom is 0.277 e. The molecule has 5 nitrogen and oxygen atoms in total. The van der Waals surface area contributed by atoms with Crippen LogP contribution in [-0.4, -0.2) is 22.8 Å². The van der Waals surface area contributed by atoms with Crippen LogP contribution in [0.25, 0.3) is 5.69 Å². The summed E-state index contributed by atoms with van der Waals surface area (Å²) < 4.78 is 1.63. The van der Waals surface area contributed by atoms with Gasteiger partial charge in [-0.25, -0.2) is 10.2 Å². The van der Waals surface area contributed by atoms with Crippen LogP contribution in [0.15, 0.2) is 42.7 Å². The van der Waals surface area contributed by atoms with Crippen molar-refractivity contribution in [3.8, 4) is 5.69 Å². The quantitative estimate of drug-likeness (QED) is 0.785. The molecule has 0 spiro atoms. The Labute approximate surface area is 92.6 Å². The summed E-state index contributed by atoms with van der Waals surface area (Å²) in [5.74, 6) is -0.298. The van der Waals surface area contributed by atoms with Gasteiger partial charge in [-0.15, -0.1) is 0 Å². The minimum Gasteiger partial charge on any atom is -0.277 e. The fourth-order valence-corrected chi connectivity index (χ4v) is 1.42. The first-order valence-electron chi connectivity index (χ1n) is 4.75. The average molecular weight is 217 g/mol. The third kappa shape index (κ3) is 1.94. The fraction of sp³-hybridized carbons (Fsp3) is 0.0909. The molecule has 2 aromatic rings. The molecular weight excluding hydrogens is 206 g/mol. The van der Waals surface area contributed by atoms with Crippen LogP contribution in [0.5, 0.6) is 0 Å². The number of benzene rings is 1. The van der Waals surface area contributed by atoms with Crippen molar-refractivity contribution in [3.05, 3.63) is 48.3 Å². The van der Waals surface area contributed by atoms with Crippen LogP contribution < -0.4 is 5.48 Å². The third-order valence-corrected chi connectivity index (χ3v) is 2.09. The van der Waals surface area contributed by atoms with Crippen molar-refractivity contribution in [2.45, 2.75) is 0 Å². The Morgan fingerprint density at radius 3 is 2.88 bits per heavy atom. The highest BCUT2D eigenvalue weighted by atomic mass is 16.6. The van der Waals surface area contributed by atoms with E-state index in [0.29, 0.717) is 11.3 Å². The minimum absolute atomic E-state index is 0.298. The van der Waals surface area contributed by atoms with Gasteiger partial charge in [0, 0.05) is 12.4 Å². The van der Waals surface area contributed by atoms with Crippen LogP contribution in [0.1, 0.15) is 10.4 Å². The summed E-state index contributed by atoms with van der Waals surface area (Å²) in [5.41, 5.74) is 3.50. The van der Waals surface area contributed by atoms with E-state index < -0.39 is 0 Å². The van der Waals surface area contributed by atoms with Crippen LogP contribution in [0.4, 0.5) is 0 Å². The van der Waals surface area contributed by atoms with Gasteiger partial charge in [-0.1, -0.05) is 12.1 Å². The highest BCUT2D eigenvalue weighted by Crippen LogP contribution is 2.12. The van der Waals surface area contributed by atoms with E-state index >= 15 is 0 Å². The molecule has 0 unspecified atom stereocenters. The molecule has 1 amide bonds. The molecule has 0 aliphatic rings. The van der Waals surface area contributed by atoms with Gasteiger partial charge in [0.05, 0.1) is 18.4 Å². The molecule has 0 aliphatic heterocycles. The SMILES string of the molecule is CONC(=O)c1ccccc1-n1cccn1. The number of amides is 1. The highest BCUT2D eigenvalue weighted by Gasteiger charge is 2.11. The van der Waals surface area contributed by atoms with E-state index in [4.69, 9.17) is 0 Å². The summed E-state index contributed by atoms with van der Waals surface area (Å²) in [4.78, 5) is 16.3. The minimum atomic E-state index is -0.298. The molecule has 0 saturated heterocycles. The number of para-hydroxylation sites is 1. The number of hydroxylamine groups is 1. The van der Waals surface area contributed by atoms with Crippen LogP contribution in [-0.2, 0) is 4.84 Å². The smallest absolute Gasteiger partial charge is 0.277 e. The van der Waals surface area contributed by atoms with Crippen molar-refractivity contribution in [2.75, 3.05) is 7.11 Å². The molecule has 0 aliphatic carbocycles. The van der Waals surface area contributed by atoms with E-state index in [-0.39, 0.29) is 5.91 Å². The molecule has 0 bridgehead atoms. The molecule has 1 N–H and O–H groups in total. The normalized spacial score (nSPS) is 10.1. The zero-order chi connectivity index (χ0) is 11.4. The van der Waals surface area contributed by atoms with E-state index in [1.165, 1.54) is 7.11 Å². The first kappa shape index (κ1) is 10.4. The van der Waals surface area contributed by atoms with E-state index in [1.54, 1.807) is 35.3 Å². The van der Waals surface area contributed by atoms with Crippen molar-refractivity contribution >= 4 is 5.91 Å². The fourth-order valence-electron chi connectivity index (χ4n) is 1.42. The lowest BCUT2D eigenvalue weighted by atomic mass is 10.1. The lowest BCUT2D eigenvalue weighted by molar-refractivity contribution is 0.0537. The van der Waals surface area contributed by atoms with Crippen LogP contribution in [0, 0.1) is 0 Å². The van der Waals surface area contributed by atoms with Crippen molar-refractivity contribution < 1.29 is 9.63 Å². The van der Waals surface area contributed by atoms with Crippen molar-refractivity contribution in [1.82, 2.24) is 15.3 Å². The Hall–Kier alpha value is -2.14. The van der Waals surface area contributed by atoms with Gasteiger partial charge in [0.2, 0.25) is 0 Å². The lowest BCUT2D eigenvalue weighted by Gasteiger charge is -2.08. The summed E-state index contributed by atoms with van der Waals surface area (Å²) in [6, 6.07) is 8.96. The molecule has 0 radical (unpaired) electrons. The number of carbonyl (C=O) groups is 1. The van der Waals surface area contributed by atoms with Crippen LogP contribution in [0.3, 0.4) is 0 Å². The molecule has 5 heteroatoms. The Morgan fingerprint density at radius 1 is 1.38 bits per heavy atom. The number of nitrogens with one attached hydrogen (secondary N) is 1. The van der Waals surface area contributed by atoms with Crippen LogP contribution in [0.2, 0.25) is 0 Å². The second-order valence-corrected chi connectivity index (χ2v) is 3.10. The number of aromatic nitrogens is 2. The van der Waals surface area contributed by atoms with Crippen LogP contribution >= 0.6 is 0 Å². The van der Waals surface area contributed by atoms with E-state index in [0.717, 1.165) is 0 Å². The van der Waals surface area contributed by atoms with Gasteiger partial charge in [0.25, 0.3) is 5.91 Å². The molecule has 0 saturated carbocycles. The van der Waals surface area contributed by atoms with Gasteiger partial charge >= 0.3 is 0 Å². The zero-order valence-electron chi connectivity index (χ0n) is 8.75. The van der Waals surface area contributed by atoms with Gasteiger partial charge in [0.1, 0.15) is 0 Å². The molecule has 0 atom stereocenters. The zero-order valence-corrected chi connectivity index (χ0v) is 8.75. The summed E-state index contributed by atoms with van der Waals surface area (Å²) in [5, 5.41) is 4.09. The monoisotopic (exact) mass is 217 g/mol. The molecule has 16 heavy (non-hydrogen) atoms. The Kier molecular flexibility index (Phi) is 2.98. The largest absolute Gasteiger partial charge is 0.277 e. The number of rotatable bonds is 3. The summed E-state index contributed by atoms with van der Waals surface area (Å²) in [6.07, 6.45) is 3.43. The third-order valence-electron chi connectivity index (χ3n) is 2.09. The Morgan fingerprint density at radius 2 is 2.19 bits per heavy atom. The first-order valence-corrected chi connectivity index (χ1v) is 4.75. The Balaban J connectivity index is 2.42. The topological polar surface area (TPSA) is 56.1 Å². The number of carbonyl (C=O) groups excluding carboxylic acids is 1. The molecule has 2 rings (SSSR count). The number of nitrogens with zero attached hydrogens (tertiary/aromatic N) is 2. The molecule has 82 valence electrons. The van der Waals surface area contributed by atoms with Gasteiger partial charge in [-0.2, -0.15) is 5.10 Å². The number of hydrogen-bond donors (Lipinski definition) is 1. The number of hydrogen-bond acceptors (Lipinski definition) is 3. The van der Waals surface area contributed by atoms with Crippen molar-refractivity contribution in [1.29, 1.82) is 0 Å². The first-order chi connectivity index (χ1) is 7.83. The second-order valence-electron chi connectivity index (χ2n) is 3.10. The van der Waals surface area contributed by atoms with E-state index in [9.17, 15) is 4.79 Å². The molecule has 0 fully saturated rings. The lowest BCUT2D eigenvalue weighted by Crippen LogP contribution is -2.23. The maximum absolute atomic E-state index is 11.7. The van der Waals surface area contributed by atoms with Gasteiger partial charge in [0.15, 0.2) is 0 Å². The van der Waals surface area contributed by atoms with Gasteiger partial charge in [-0.05, 0) is 18.2 Å². The maximum atomic E-state index is 11.7. The van der Waals surface area contributed by atoms with Crippen molar-refractivity contribution in [3.63, 3.8) is 0 Å². The molecule has 1 heterocycles. The summed E-state index contributed by atoms with van der Waals surface area (Å²) in [7, 11) is 1.40. The molecular formula is C11H11N3O2. The molecule has 1 aromatic carbocycles. The Bertz CT molecular complexity index is 480. The predicted octanol–water partition coefficient (Wildman–Crippen LogP) is 1.16. The highest BCUT2D eigenvalue weighted by molar-refractivity contribution is 5.97. The molecule has 1 aromatic heterocycles. The van der Waals surface area contributed by atoms with E-state index in [2.05, 4.69) is 15.4 Å². The standard InChI is InChI=1S/C11H11N3O2/c1-16-13-11(15)9-5-2-3-6-10(9)14-8-4-7-12-14/h2-8H,1H3,(H,13,15). The second kappa shape index (κ2) is 4.59. The van der Waals surface area contributed by atoms with E-state index in [1.807, 2.05) is 12.1 Å².